The maximum absolute atomic E-state index is 11.9. The monoisotopic (exact) mass is 339 g/mol. The maximum Gasteiger partial charge on any atom is 0.227 e. The first-order valence-corrected chi connectivity index (χ1v) is 7.94. The van der Waals surface area contributed by atoms with E-state index in [1.54, 1.807) is 0 Å². The smallest absolute Gasteiger partial charge is 0.227 e. The lowest BCUT2D eigenvalue weighted by molar-refractivity contribution is -0.117. The molecule has 8 nitrogen and oxygen atoms in total. The molecule has 1 amide bonds. The van der Waals surface area contributed by atoms with E-state index in [0.29, 0.717) is 0 Å². The van der Waals surface area contributed by atoms with Crippen LogP contribution < -0.4 is 15.8 Å². The molecule has 11 heteroatoms. The molecule has 4 N–H and O–H groups in total. The predicted octanol–water partition coefficient (Wildman–Crippen LogP) is 0.00700. The summed E-state index contributed by atoms with van der Waals surface area (Å²) in [5.74, 6) is -1.16. The SMILES string of the molecule is Nc1nc(Cl)c(N2CC(CS(N)(=O)=O)CC2=O)c(Cl)n1. The third-order valence-electron chi connectivity index (χ3n) is 2.76. The average Bonchev–Trinajstić information content (AvgIpc) is 2.55. The van der Waals surface area contributed by atoms with Crippen molar-refractivity contribution in [3.05, 3.63) is 10.3 Å². The molecule has 1 aliphatic heterocycles. The fraction of sp³-hybridized carbons (Fsp3) is 0.444. The van der Waals surface area contributed by atoms with Crippen molar-refractivity contribution in [3.8, 4) is 0 Å². The van der Waals surface area contributed by atoms with Gasteiger partial charge >= 0.3 is 0 Å². The normalized spacial score (nSPS) is 19.6. The maximum atomic E-state index is 11.9. The highest BCUT2D eigenvalue weighted by Crippen LogP contribution is 2.35. The Balaban J connectivity index is 2.29. The van der Waals surface area contributed by atoms with E-state index in [1.165, 1.54) is 4.90 Å². The molecule has 1 fully saturated rings. The van der Waals surface area contributed by atoms with Gasteiger partial charge in [-0.25, -0.2) is 13.6 Å². The number of rotatable bonds is 3. The molecule has 1 aromatic rings. The van der Waals surface area contributed by atoms with Gasteiger partial charge in [0, 0.05) is 18.9 Å². The van der Waals surface area contributed by atoms with Crippen LogP contribution in [0.4, 0.5) is 11.6 Å². The van der Waals surface area contributed by atoms with E-state index in [-0.39, 0.29) is 46.6 Å². The molecule has 0 aliphatic carbocycles. The number of nitrogen functional groups attached to an aromatic ring is 1. The molecular formula is C9H11Cl2N5O3S. The Morgan fingerprint density at radius 3 is 2.35 bits per heavy atom. The lowest BCUT2D eigenvalue weighted by Crippen LogP contribution is -2.28. The number of hydrogen-bond donors (Lipinski definition) is 2. The Hall–Kier alpha value is -1.16. The summed E-state index contributed by atoms with van der Waals surface area (Å²) in [6, 6.07) is 0. The molecule has 1 atom stereocenters. The third kappa shape index (κ3) is 3.29. The summed E-state index contributed by atoms with van der Waals surface area (Å²) >= 11 is 11.8. The molecule has 0 radical (unpaired) electrons. The van der Waals surface area contributed by atoms with Crippen molar-refractivity contribution in [2.24, 2.45) is 11.1 Å². The van der Waals surface area contributed by atoms with Gasteiger partial charge in [-0.05, 0) is 0 Å². The summed E-state index contributed by atoms with van der Waals surface area (Å²) in [5, 5.41) is 4.85. The van der Waals surface area contributed by atoms with Crippen LogP contribution in [-0.4, -0.2) is 36.6 Å². The van der Waals surface area contributed by atoms with Crippen molar-refractivity contribution in [2.45, 2.75) is 6.42 Å². The number of primary sulfonamides is 1. The van der Waals surface area contributed by atoms with Gasteiger partial charge in [0.15, 0.2) is 10.3 Å². The van der Waals surface area contributed by atoms with E-state index in [1.807, 2.05) is 0 Å². The van der Waals surface area contributed by atoms with Gasteiger partial charge in [-0.3, -0.25) is 4.79 Å². The zero-order chi connectivity index (χ0) is 15.1. The number of sulfonamides is 1. The van der Waals surface area contributed by atoms with Crippen molar-refractivity contribution < 1.29 is 13.2 Å². The van der Waals surface area contributed by atoms with Crippen LogP contribution in [0, 0.1) is 5.92 Å². The number of halogens is 2. The fourth-order valence-corrected chi connectivity index (χ4v) is 3.56. The lowest BCUT2D eigenvalue weighted by Gasteiger charge is -2.18. The second-order valence-corrected chi connectivity index (χ2v) is 6.79. The minimum absolute atomic E-state index is 0.0352. The minimum atomic E-state index is -3.66. The van der Waals surface area contributed by atoms with Crippen LogP contribution in [0.5, 0.6) is 0 Å². The summed E-state index contributed by atoms with van der Waals surface area (Å²) in [6.45, 7) is 0.127. The van der Waals surface area contributed by atoms with Crippen LogP contribution >= 0.6 is 23.2 Å². The van der Waals surface area contributed by atoms with Gasteiger partial charge in [0.1, 0.15) is 5.69 Å². The van der Waals surface area contributed by atoms with E-state index in [2.05, 4.69) is 9.97 Å². The van der Waals surface area contributed by atoms with E-state index < -0.39 is 15.9 Å². The first kappa shape index (κ1) is 15.2. The molecule has 110 valence electrons. The first-order valence-electron chi connectivity index (χ1n) is 5.46. The molecule has 20 heavy (non-hydrogen) atoms. The summed E-state index contributed by atoms with van der Waals surface area (Å²) in [6.07, 6.45) is 0.0352. The third-order valence-corrected chi connectivity index (χ3v) is 4.22. The van der Waals surface area contributed by atoms with Crippen molar-refractivity contribution in [3.63, 3.8) is 0 Å². The molecule has 0 aromatic carbocycles. The summed E-state index contributed by atoms with van der Waals surface area (Å²) in [5.41, 5.74) is 5.51. The van der Waals surface area contributed by atoms with Gasteiger partial charge in [0.2, 0.25) is 21.9 Å². The van der Waals surface area contributed by atoms with E-state index >= 15 is 0 Å². The van der Waals surface area contributed by atoms with Crippen molar-refractivity contribution in [2.75, 3.05) is 22.9 Å². The highest BCUT2D eigenvalue weighted by molar-refractivity contribution is 7.89. The topological polar surface area (TPSA) is 132 Å². The molecule has 1 saturated heterocycles. The van der Waals surface area contributed by atoms with Gasteiger partial charge in [-0.1, -0.05) is 23.2 Å². The van der Waals surface area contributed by atoms with Crippen LogP contribution in [-0.2, 0) is 14.8 Å². The van der Waals surface area contributed by atoms with Gasteiger partial charge in [-0.2, -0.15) is 9.97 Å². The molecule has 2 heterocycles. The lowest BCUT2D eigenvalue weighted by atomic mass is 10.1. The average molecular weight is 340 g/mol. The summed E-state index contributed by atoms with van der Waals surface area (Å²) in [7, 11) is -3.66. The van der Waals surface area contributed by atoms with Crippen molar-refractivity contribution in [1.29, 1.82) is 0 Å². The van der Waals surface area contributed by atoms with Crippen molar-refractivity contribution in [1.82, 2.24) is 9.97 Å². The van der Waals surface area contributed by atoms with Gasteiger partial charge in [0.05, 0.1) is 5.75 Å². The van der Waals surface area contributed by atoms with Gasteiger partial charge in [-0.15, -0.1) is 0 Å². The van der Waals surface area contributed by atoms with E-state index in [0.717, 1.165) is 0 Å². The first-order chi connectivity index (χ1) is 9.17. The second kappa shape index (κ2) is 5.32. The highest BCUT2D eigenvalue weighted by atomic mass is 35.5. The number of amides is 1. The Morgan fingerprint density at radius 2 is 1.85 bits per heavy atom. The molecular weight excluding hydrogens is 329 g/mol. The van der Waals surface area contributed by atoms with E-state index in [4.69, 9.17) is 34.1 Å². The number of aromatic nitrogens is 2. The Labute approximate surface area is 125 Å². The molecule has 0 bridgehead atoms. The minimum Gasteiger partial charge on any atom is -0.368 e. The predicted molar refractivity (Wildman–Crippen MR) is 74.9 cm³/mol. The fourth-order valence-electron chi connectivity index (χ4n) is 2.08. The number of nitrogens with two attached hydrogens (primary N) is 2. The Morgan fingerprint density at radius 1 is 1.30 bits per heavy atom. The van der Waals surface area contributed by atoms with Crippen LogP contribution in [0.15, 0.2) is 0 Å². The zero-order valence-corrected chi connectivity index (χ0v) is 12.4. The number of anilines is 2. The van der Waals surface area contributed by atoms with Gasteiger partial charge in [0.25, 0.3) is 0 Å². The second-order valence-electron chi connectivity index (χ2n) is 4.42. The van der Waals surface area contributed by atoms with Gasteiger partial charge < -0.3 is 10.6 Å². The zero-order valence-electron chi connectivity index (χ0n) is 10.1. The molecule has 1 unspecified atom stereocenters. The molecule has 1 aromatic heterocycles. The highest BCUT2D eigenvalue weighted by Gasteiger charge is 2.35. The summed E-state index contributed by atoms with van der Waals surface area (Å²) in [4.78, 5) is 20.6. The Kier molecular flexibility index (Phi) is 4.05. The van der Waals surface area contributed by atoms with Crippen molar-refractivity contribution >= 4 is 50.8 Å². The number of nitrogens with zero attached hydrogens (tertiary/aromatic N) is 3. The van der Waals surface area contributed by atoms with Crippen LogP contribution in [0.25, 0.3) is 0 Å². The molecule has 0 spiro atoms. The van der Waals surface area contributed by atoms with Crippen LogP contribution in [0.2, 0.25) is 10.3 Å². The summed E-state index contributed by atoms with van der Waals surface area (Å²) < 4.78 is 22.1. The van der Waals surface area contributed by atoms with Crippen LogP contribution in [0.3, 0.4) is 0 Å². The largest absolute Gasteiger partial charge is 0.368 e. The number of carbonyl (C=O) groups excluding carboxylic acids is 1. The molecule has 0 saturated carbocycles. The van der Waals surface area contributed by atoms with E-state index in [9.17, 15) is 13.2 Å². The Bertz CT molecular complexity index is 643. The standard InChI is InChI=1S/C9H11Cl2N5O3S/c10-7-6(8(11)15-9(12)14-7)16-2-4(1-5(16)17)3-20(13,18)19/h4H,1-3H2,(H2,12,14,15)(H2,13,18,19). The quantitative estimate of drug-likeness (QED) is 0.745. The molecule has 2 rings (SSSR count). The molecule has 1 aliphatic rings. The van der Waals surface area contributed by atoms with Crippen LogP contribution in [0.1, 0.15) is 6.42 Å². The number of hydrogen-bond acceptors (Lipinski definition) is 6. The number of carbonyl (C=O) groups is 1.